The van der Waals surface area contributed by atoms with E-state index in [1.807, 2.05) is 6.07 Å². The summed E-state index contributed by atoms with van der Waals surface area (Å²) in [5, 5.41) is 2.92. The number of benzene rings is 1. The molecule has 1 aromatic carbocycles. The third-order valence-electron chi connectivity index (χ3n) is 3.91. The van der Waals surface area contributed by atoms with E-state index in [-0.39, 0.29) is 5.91 Å². The largest absolute Gasteiger partial charge is 0.493 e. The summed E-state index contributed by atoms with van der Waals surface area (Å²) >= 11 is 0. The molecule has 0 saturated carbocycles. The molecule has 0 aromatic heterocycles. The molecule has 1 rings (SSSR count). The fourth-order valence-corrected chi connectivity index (χ4v) is 2.54. The highest BCUT2D eigenvalue weighted by molar-refractivity contribution is 5.75. The molecule has 0 bridgehead atoms. The van der Waals surface area contributed by atoms with Gasteiger partial charge in [-0.2, -0.15) is 0 Å². The lowest BCUT2D eigenvalue weighted by Crippen LogP contribution is -2.22. The Morgan fingerprint density at radius 3 is 2.44 bits per heavy atom. The van der Waals surface area contributed by atoms with Crippen molar-refractivity contribution >= 4 is 11.9 Å². The number of hydrogen-bond acceptors (Lipinski definition) is 4. The molecule has 0 unspecified atom stereocenters. The first-order valence-corrected chi connectivity index (χ1v) is 9.04. The van der Waals surface area contributed by atoms with Crippen LogP contribution in [0.4, 0.5) is 0 Å². The summed E-state index contributed by atoms with van der Waals surface area (Å²) in [5.74, 6) is 1.28. The normalized spacial score (nSPS) is 10.6. The molecule has 5 nitrogen and oxygen atoms in total. The molecule has 0 aliphatic rings. The second kappa shape index (κ2) is 11.5. The van der Waals surface area contributed by atoms with Crippen LogP contribution in [0.3, 0.4) is 0 Å². The summed E-state index contributed by atoms with van der Waals surface area (Å²) in [6.07, 6.45) is 6.29. The number of carbonyl (C=O) groups is 2. The lowest BCUT2D eigenvalue weighted by atomic mass is 10.0. The van der Waals surface area contributed by atoms with Gasteiger partial charge in [0.25, 0.3) is 0 Å². The SMILES string of the molecule is COc1cc(CNC(=O)CCCCCCC(C)C)ccc1OC(C)=O. The molecule has 0 heterocycles. The van der Waals surface area contributed by atoms with Gasteiger partial charge in [0.05, 0.1) is 7.11 Å². The molecule has 0 saturated heterocycles. The predicted octanol–water partition coefficient (Wildman–Crippen LogP) is 4.23. The summed E-state index contributed by atoms with van der Waals surface area (Å²) in [6, 6.07) is 5.26. The zero-order valence-corrected chi connectivity index (χ0v) is 15.9. The van der Waals surface area contributed by atoms with Gasteiger partial charge in [0, 0.05) is 19.9 Å². The minimum Gasteiger partial charge on any atom is -0.493 e. The molecule has 0 aliphatic carbocycles. The quantitative estimate of drug-likeness (QED) is 0.369. The molecule has 0 radical (unpaired) electrons. The van der Waals surface area contributed by atoms with Crippen molar-refractivity contribution in [3.05, 3.63) is 23.8 Å². The summed E-state index contributed by atoms with van der Waals surface area (Å²) in [6.45, 7) is 6.25. The molecule has 0 aliphatic heterocycles. The smallest absolute Gasteiger partial charge is 0.308 e. The van der Waals surface area contributed by atoms with E-state index in [9.17, 15) is 9.59 Å². The van der Waals surface area contributed by atoms with Crippen LogP contribution in [0, 0.1) is 5.92 Å². The zero-order chi connectivity index (χ0) is 18.7. The van der Waals surface area contributed by atoms with Gasteiger partial charge >= 0.3 is 5.97 Å². The maximum atomic E-state index is 11.9. The van der Waals surface area contributed by atoms with Crippen LogP contribution in [0.25, 0.3) is 0 Å². The molecule has 1 N–H and O–H groups in total. The molecular formula is C20H31NO4. The van der Waals surface area contributed by atoms with E-state index in [0.717, 1.165) is 24.3 Å². The van der Waals surface area contributed by atoms with Crippen LogP contribution >= 0.6 is 0 Å². The molecule has 140 valence electrons. The number of unbranched alkanes of at least 4 members (excludes halogenated alkanes) is 3. The maximum absolute atomic E-state index is 11.9. The fraction of sp³-hybridized carbons (Fsp3) is 0.600. The van der Waals surface area contributed by atoms with Crippen molar-refractivity contribution in [2.75, 3.05) is 7.11 Å². The Bertz CT molecular complexity index is 555. The Kier molecular flexibility index (Phi) is 9.66. The lowest BCUT2D eigenvalue weighted by Gasteiger charge is -2.11. The highest BCUT2D eigenvalue weighted by Crippen LogP contribution is 2.28. The Morgan fingerprint density at radius 2 is 1.80 bits per heavy atom. The molecule has 0 atom stereocenters. The maximum Gasteiger partial charge on any atom is 0.308 e. The number of amides is 1. The number of nitrogens with one attached hydrogen (secondary N) is 1. The minimum atomic E-state index is -0.396. The van der Waals surface area contributed by atoms with E-state index in [1.54, 1.807) is 12.1 Å². The van der Waals surface area contributed by atoms with Gasteiger partial charge in [-0.1, -0.05) is 45.6 Å². The van der Waals surface area contributed by atoms with E-state index in [4.69, 9.17) is 9.47 Å². The summed E-state index contributed by atoms with van der Waals surface area (Å²) in [7, 11) is 1.52. The van der Waals surface area contributed by atoms with Crippen molar-refractivity contribution in [3.63, 3.8) is 0 Å². The van der Waals surface area contributed by atoms with Crippen molar-refractivity contribution < 1.29 is 19.1 Å². The number of ether oxygens (including phenoxy) is 2. The van der Waals surface area contributed by atoms with Gasteiger partial charge in [-0.3, -0.25) is 9.59 Å². The van der Waals surface area contributed by atoms with E-state index in [2.05, 4.69) is 19.2 Å². The minimum absolute atomic E-state index is 0.0619. The van der Waals surface area contributed by atoms with Crippen molar-refractivity contribution in [3.8, 4) is 11.5 Å². The molecular weight excluding hydrogens is 318 g/mol. The fourth-order valence-electron chi connectivity index (χ4n) is 2.54. The molecule has 1 amide bonds. The highest BCUT2D eigenvalue weighted by Gasteiger charge is 2.09. The molecule has 1 aromatic rings. The van der Waals surface area contributed by atoms with Gasteiger partial charge in [-0.15, -0.1) is 0 Å². The van der Waals surface area contributed by atoms with E-state index < -0.39 is 5.97 Å². The van der Waals surface area contributed by atoms with Gasteiger partial charge < -0.3 is 14.8 Å². The van der Waals surface area contributed by atoms with Crippen LogP contribution in [-0.4, -0.2) is 19.0 Å². The Morgan fingerprint density at radius 1 is 1.08 bits per heavy atom. The van der Waals surface area contributed by atoms with Crippen LogP contribution in [0.2, 0.25) is 0 Å². The topological polar surface area (TPSA) is 64.6 Å². The molecule has 0 spiro atoms. The average molecular weight is 349 g/mol. The van der Waals surface area contributed by atoms with Gasteiger partial charge in [-0.05, 0) is 30.0 Å². The van der Waals surface area contributed by atoms with Gasteiger partial charge in [0.2, 0.25) is 5.91 Å². The predicted molar refractivity (Wildman–Crippen MR) is 98.7 cm³/mol. The Balaban J connectivity index is 2.32. The summed E-state index contributed by atoms with van der Waals surface area (Å²) < 4.78 is 10.3. The summed E-state index contributed by atoms with van der Waals surface area (Å²) in [4.78, 5) is 23.0. The third-order valence-corrected chi connectivity index (χ3v) is 3.91. The first-order valence-electron chi connectivity index (χ1n) is 9.04. The van der Waals surface area contributed by atoms with Crippen LogP contribution in [0.15, 0.2) is 18.2 Å². The standard InChI is InChI=1S/C20H31NO4/c1-15(2)9-7-5-6-8-10-20(23)21-14-17-11-12-18(25-16(3)22)19(13-17)24-4/h11-13,15H,5-10,14H2,1-4H3,(H,21,23). The van der Waals surface area contributed by atoms with E-state index in [0.29, 0.717) is 24.5 Å². The van der Waals surface area contributed by atoms with Crippen LogP contribution in [-0.2, 0) is 16.1 Å². The van der Waals surface area contributed by atoms with Crippen LogP contribution < -0.4 is 14.8 Å². The van der Waals surface area contributed by atoms with Crippen molar-refractivity contribution in [1.29, 1.82) is 0 Å². The number of hydrogen-bond donors (Lipinski definition) is 1. The van der Waals surface area contributed by atoms with Crippen molar-refractivity contribution in [2.24, 2.45) is 5.92 Å². The number of esters is 1. The van der Waals surface area contributed by atoms with Crippen molar-refractivity contribution in [1.82, 2.24) is 5.32 Å². The Labute approximate surface area is 151 Å². The van der Waals surface area contributed by atoms with E-state index in [1.165, 1.54) is 33.3 Å². The third kappa shape index (κ3) is 9.13. The molecule has 25 heavy (non-hydrogen) atoms. The second-order valence-electron chi connectivity index (χ2n) is 6.70. The molecule has 0 fully saturated rings. The first kappa shape index (κ1) is 21.0. The van der Waals surface area contributed by atoms with Gasteiger partial charge in [0.15, 0.2) is 11.5 Å². The van der Waals surface area contributed by atoms with Gasteiger partial charge in [-0.25, -0.2) is 0 Å². The highest BCUT2D eigenvalue weighted by atomic mass is 16.6. The monoisotopic (exact) mass is 349 g/mol. The number of rotatable bonds is 11. The second-order valence-corrected chi connectivity index (χ2v) is 6.70. The van der Waals surface area contributed by atoms with Crippen molar-refractivity contribution in [2.45, 2.75) is 65.8 Å². The average Bonchev–Trinajstić information content (AvgIpc) is 2.56. The summed E-state index contributed by atoms with van der Waals surface area (Å²) in [5.41, 5.74) is 0.901. The van der Waals surface area contributed by atoms with E-state index >= 15 is 0 Å². The molecule has 5 heteroatoms. The van der Waals surface area contributed by atoms with Crippen LogP contribution in [0.1, 0.15) is 64.9 Å². The van der Waals surface area contributed by atoms with Gasteiger partial charge in [0.1, 0.15) is 0 Å². The number of methoxy groups -OCH3 is 1. The number of carbonyl (C=O) groups excluding carboxylic acids is 2. The zero-order valence-electron chi connectivity index (χ0n) is 15.9. The first-order chi connectivity index (χ1) is 11.9. The Hall–Kier alpha value is -2.04. The lowest BCUT2D eigenvalue weighted by molar-refractivity contribution is -0.132. The van der Waals surface area contributed by atoms with Crippen LogP contribution in [0.5, 0.6) is 11.5 Å².